The maximum atomic E-state index is 14.1. The van der Waals surface area contributed by atoms with Crippen LogP contribution in [0, 0.1) is 0 Å². The summed E-state index contributed by atoms with van der Waals surface area (Å²) in [4.78, 5) is 47.2. The average molecular weight is 732 g/mol. The fourth-order valence-corrected chi connectivity index (χ4v) is 6.49. The second-order valence-corrected chi connectivity index (χ2v) is 21.5. The number of carbonyl (C=O) groups excluding carboxylic acids is 3. The van der Waals surface area contributed by atoms with Crippen LogP contribution in [0.3, 0.4) is 0 Å². The molecule has 4 atom stereocenters. The Morgan fingerprint density at radius 3 is 2.22 bits per heavy atom. The Morgan fingerprint density at radius 2 is 1.61 bits per heavy atom. The summed E-state index contributed by atoms with van der Waals surface area (Å²) in [5.41, 5.74) is 0.0221. The van der Waals surface area contributed by atoms with Crippen molar-refractivity contribution in [3.63, 3.8) is 0 Å². The van der Waals surface area contributed by atoms with Crippen LogP contribution in [0.25, 0.3) is 6.08 Å². The van der Waals surface area contributed by atoms with Crippen molar-refractivity contribution in [3.8, 4) is 5.75 Å². The number of benzene rings is 1. The third-order valence-corrected chi connectivity index (χ3v) is 13.3. The smallest absolute Gasteiger partial charge is 0.439 e. The predicted molar refractivity (Wildman–Crippen MR) is 195 cm³/mol. The summed E-state index contributed by atoms with van der Waals surface area (Å²) >= 11 is 0. The summed E-state index contributed by atoms with van der Waals surface area (Å²) in [6.07, 6.45) is 4.10. The van der Waals surface area contributed by atoms with Gasteiger partial charge in [0.05, 0.1) is 18.4 Å². The van der Waals surface area contributed by atoms with Crippen LogP contribution in [-0.2, 0) is 38.1 Å². The molecule has 0 saturated carbocycles. The van der Waals surface area contributed by atoms with Crippen LogP contribution >= 0.6 is 0 Å². The van der Waals surface area contributed by atoms with Gasteiger partial charge in [-0.05, 0) is 97.6 Å². The van der Waals surface area contributed by atoms with Crippen molar-refractivity contribution in [1.29, 1.82) is 0 Å². The molecule has 2 saturated heterocycles. The number of anilines is 1. The fraction of sp³-hybridized carbons (Fsp3) is 0.658. The Hall–Kier alpha value is -3.07. The summed E-state index contributed by atoms with van der Waals surface area (Å²) in [5.74, 6) is -2.35. The van der Waals surface area contributed by atoms with Gasteiger partial charge in [0.15, 0.2) is 17.4 Å². The van der Waals surface area contributed by atoms with Crippen LogP contribution in [0.5, 0.6) is 5.75 Å². The van der Waals surface area contributed by atoms with Crippen LogP contribution in [0.15, 0.2) is 30.4 Å². The number of amides is 1. The zero-order chi connectivity index (χ0) is 38.2. The molecule has 1 aromatic rings. The van der Waals surface area contributed by atoms with E-state index < -0.39 is 62.0 Å². The topological polar surface area (TPSA) is 128 Å². The molecular weight excluding hydrogens is 675 g/mol. The Balaban J connectivity index is 1.88. The number of rotatable bonds is 6. The monoisotopic (exact) mass is 731 g/mol. The number of fused-ring (bicyclic) bond motifs is 2. The molecule has 284 valence electrons. The minimum Gasteiger partial charge on any atom is -0.543 e. The predicted octanol–water partition coefficient (Wildman–Crippen LogP) is 7.89. The molecule has 51 heavy (non-hydrogen) atoms. The van der Waals surface area contributed by atoms with E-state index in [1.165, 1.54) is 6.08 Å². The van der Waals surface area contributed by atoms with Gasteiger partial charge in [0.2, 0.25) is 0 Å². The number of esters is 1. The number of ether oxygens (including phenoxy) is 6. The molecule has 2 fully saturated rings. The van der Waals surface area contributed by atoms with Gasteiger partial charge in [0.25, 0.3) is 8.32 Å². The molecule has 1 aromatic carbocycles. The second-order valence-electron chi connectivity index (χ2n) is 16.8. The SMILES string of the molecule is C[C@H]1C/C=C\C(=O)[C@H]2OC(C)(C)O[C@H]2C/C=C/c2cc(N(OCC3COC(C)(C)O3)C(=O)OC(C)(C)C)cc(O[Si](C)(C)C(C)(C)C)c2C(=O)O1. The lowest BCUT2D eigenvalue weighted by Crippen LogP contribution is -2.44. The molecule has 1 amide bonds. The standard InChI is InChI=1S/C38H57NO11Si/c1-24-16-14-18-28(40)32-29(47-38(10,11)48-32)19-15-17-25-20-26(21-30(31(25)33(41)45-24)50-51(12,13)36(5,6)7)39(34(42)49-35(2,3)4)44-23-27-22-43-37(8,9)46-27/h14-15,17-18,20-21,24,27,29,32H,16,19,22-23H2,1-13H3/b17-15+,18-14-/t24-,27?,29-,32+/m0/s1. The van der Waals surface area contributed by atoms with E-state index in [4.69, 9.17) is 37.7 Å². The number of carbonyl (C=O) groups is 3. The van der Waals surface area contributed by atoms with E-state index in [2.05, 4.69) is 33.9 Å². The molecule has 0 radical (unpaired) electrons. The molecule has 0 spiro atoms. The molecule has 1 unspecified atom stereocenters. The van der Waals surface area contributed by atoms with Crippen molar-refractivity contribution >= 4 is 37.9 Å². The van der Waals surface area contributed by atoms with Gasteiger partial charge in [-0.25, -0.2) is 9.59 Å². The number of ketones is 1. The molecule has 0 N–H and O–H groups in total. The van der Waals surface area contributed by atoms with Gasteiger partial charge in [-0.2, -0.15) is 5.06 Å². The normalized spacial score (nSPS) is 26.7. The average Bonchev–Trinajstić information content (AvgIpc) is 3.47. The number of hydrogen-bond donors (Lipinski definition) is 0. The van der Waals surface area contributed by atoms with Crippen molar-refractivity contribution < 1.29 is 52.1 Å². The number of hydrogen-bond acceptors (Lipinski definition) is 11. The molecular formula is C38H57NO11Si. The van der Waals surface area contributed by atoms with Gasteiger partial charge in [0, 0.05) is 12.5 Å². The number of cyclic esters (lactones) is 1. The minimum absolute atomic E-state index is 0.0225. The van der Waals surface area contributed by atoms with Gasteiger partial charge in [-0.3, -0.25) is 9.63 Å². The maximum Gasteiger partial charge on any atom is 0.439 e. The van der Waals surface area contributed by atoms with Crippen LogP contribution < -0.4 is 9.49 Å². The first-order chi connectivity index (χ1) is 23.4. The number of hydroxylamine groups is 1. The van der Waals surface area contributed by atoms with Crippen molar-refractivity contribution in [3.05, 3.63) is 41.5 Å². The first-order valence-electron chi connectivity index (χ1n) is 17.6. The Morgan fingerprint density at radius 1 is 0.941 bits per heavy atom. The molecule has 3 aliphatic rings. The molecule has 13 heteroatoms. The van der Waals surface area contributed by atoms with E-state index in [0.29, 0.717) is 18.4 Å². The second kappa shape index (κ2) is 15.1. The fourth-order valence-electron chi connectivity index (χ4n) is 5.47. The van der Waals surface area contributed by atoms with Crippen LogP contribution in [0.2, 0.25) is 18.1 Å². The van der Waals surface area contributed by atoms with Gasteiger partial charge in [-0.1, -0.05) is 39.0 Å². The molecule has 12 nitrogen and oxygen atoms in total. The highest BCUT2D eigenvalue weighted by Gasteiger charge is 2.44. The minimum atomic E-state index is -2.59. The van der Waals surface area contributed by atoms with E-state index in [1.807, 2.05) is 6.08 Å². The first-order valence-corrected chi connectivity index (χ1v) is 20.6. The summed E-state index contributed by atoms with van der Waals surface area (Å²) < 4.78 is 42.3. The highest BCUT2D eigenvalue weighted by atomic mass is 28.4. The number of nitrogens with zero attached hydrogens (tertiary/aromatic N) is 1. The Labute approximate surface area is 303 Å². The third kappa shape index (κ3) is 10.7. The van der Waals surface area contributed by atoms with Crippen molar-refractivity contribution in [2.45, 2.75) is 149 Å². The van der Waals surface area contributed by atoms with Crippen molar-refractivity contribution in [1.82, 2.24) is 0 Å². The van der Waals surface area contributed by atoms with Crippen molar-refractivity contribution in [2.75, 3.05) is 18.3 Å². The highest BCUT2D eigenvalue weighted by molar-refractivity contribution is 6.74. The van der Waals surface area contributed by atoms with E-state index in [9.17, 15) is 14.4 Å². The van der Waals surface area contributed by atoms with Crippen LogP contribution in [0.4, 0.5) is 10.5 Å². The summed E-state index contributed by atoms with van der Waals surface area (Å²) in [7, 11) is -2.59. The Bertz CT molecular complexity index is 1520. The molecule has 0 bridgehead atoms. The van der Waals surface area contributed by atoms with E-state index >= 15 is 0 Å². The van der Waals surface area contributed by atoms with Gasteiger partial charge in [-0.15, -0.1) is 0 Å². The summed E-state index contributed by atoms with van der Waals surface area (Å²) in [5, 5.41) is 0.819. The van der Waals surface area contributed by atoms with Gasteiger partial charge < -0.3 is 32.8 Å². The zero-order valence-electron chi connectivity index (χ0n) is 32.5. The molecule has 3 aliphatic heterocycles. The lowest BCUT2D eigenvalue weighted by Gasteiger charge is -2.37. The highest BCUT2D eigenvalue weighted by Crippen LogP contribution is 2.41. The van der Waals surface area contributed by atoms with E-state index in [1.54, 1.807) is 79.7 Å². The quantitative estimate of drug-likeness (QED) is 0.161. The maximum absolute atomic E-state index is 14.1. The molecule has 3 heterocycles. The summed E-state index contributed by atoms with van der Waals surface area (Å²) in [6.45, 7) is 24.9. The van der Waals surface area contributed by atoms with Crippen molar-refractivity contribution in [2.24, 2.45) is 0 Å². The largest absolute Gasteiger partial charge is 0.543 e. The first kappa shape index (κ1) is 40.7. The third-order valence-electron chi connectivity index (χ3n) is 8.93. The zero-order valence-corrected chi connectivity index (χ0v) is 33.5. The van der Waals surface area contributed by atoms with E-state index in [-0.39, 0.29) is 41.0 Å². The van der Waals surface area contributed by atoms with Gasteiger partial charge in [0.1, 0.15) is 41.8 Å². The van der Waals surface area contributed by atoms with Crippen LogP contribution in [0.1, 0.15) is 105 Å². The molecule has 0 aliphatic carbocycles. The lowest BCUT2D eigenvalue weighted by molar-refractivity contribution is -0.152. The summed E-state index contributed by atoms with van der Waals surface area (Å²) in [6, 6.07) is 3.27. The van der Waals surface area contributed by atoms with Crippen LogP contribution in [-0.4, -0.2) is 81.0 Å². The molecule has 4 rings (SSSR count). The Kier molecular flexibility index (Phi) is 12.1. The van der Waals surface area contributed by atoms with E-state index in [0.717, 1.165) is 5.06 Å². The lowest BCUT2D eigenvalue weighted by atomic mass is 10.0. The molecule has 0 aromatic heterocycles. The van der Waals surface area contributed by atoms with Gasteiger partial charge >= 0.3 is 12.1 Å².